The minimum Gasteiger partial charge on any atom is -0.356 e. The zero-order chi connectivity index (χ0) is 14.8. The highest BCUT2D eigenvalue weighted by Gasteiger charge is 2.30. The van der Waals surface area contributed by atoms with Crippen LogP contribution in [0.25, 0.3) is 0 Å². The summed E-state index contributed by atoms with van der Waals surface area (Å²) in [5.74, 6) is 2.47. The number of nitrogens with one attached hydrogen (secondary N) is 1. The quantitative estimate of drug-likeness (QED) is 0.921. The van der Waals surface area contributed by atoms with Crippen LogP contribution in [0.15, 0.2) is 12.3 Å². The molecule has 1 saturated heterocycles. The maximum Gasteiger partial charge on any atom is 0.225 e. The van der Waals surface area contributed by atoms with Crippen LogP contribution in [0.5, 0.6) is 0 Å². The molecular weight excluding hydrogens is 264 g/mol. The van der Waals surface area contributed by atoms with E-state index in [0.29, 0.717) is 12.0 Å². The van der Waals surface area contributed by atoms with E-state index >= 15 is 0 Å². The molecule has 1 aromatic rings. The Morgan fingerprint density at radius 1 is 1.38 bits per heavy atom. The van der Waals surface area contributed by atoms with Crippen molar-refractivity contribution in [3.63, 3.8) is 0 Å². The first-order valence-electron chi connectivity index (χ1n) is 8.01. The van der Waals surface area contributed by atoms with E-state index in [4.69, 9.17) is 0 Å². The van der Waals surface area contributed by atoms with Crippen molar-refractivity contribution in [2.45, 2.75) is 51.5 Å². The topological polar surface area (TPSA) is 58.1 Å². The minimum absolute atomic E-state index is 0.0943. The predicted molar refractivity (Wildman–Crippen MR) is 82.2 cm³/mol. The molecule has 0 spiro atoms. The third kappa shape index (κ3) is 3.52. The molecule has 5 heteroatoms. The summed E-state index contributed by atoms with van der Waals surface area (Å²) in [6.45, 7) is 5.94. The number of carbonyl (C=O) groups is 1. The van der Waals surface area contributed by atoms with Crippen molar-refractivity contribution in [1.82, 2.24) is 15.3 Å². The zero-order valence-corrected chi connectivity index (χ0v) is 12.9. The Hall–Kier alpha value is -1.65. The van der Waals surface area contributed by atoms with Gasteiger partial charge in [0.2, 0.25) is 5.91 Å². The van der Waals surface area contributed by atoms with E-state index in [-0.39, 0.29) is 11.8 Å². The summed E-state index contributed by atoms with van der Waals surface area (Å²) in [7, 11) is 0. The van der Waals surface area contributed by atoms with E-state index in [1.807, 2.05) is 12.3 Å². The van der Waals surface area contributed by atoms with Crippen molar-refractivity contribution in [3.8, 4) is 0 Å². The van der Waals surface area contributed by atoms with Crippen molar-refractivity contribution in [1.29, 1.82) is 0 Å². The molecule has 1 aromatic heterocycles. The molecular formula is C16H24N4O. The normalized spacial score (nSPS) is 22.4. The number of piperidine rings is 1. The van der Waals surface area contributed by atoms with Crippen LogP contribution in [0.2, 0.25) is 0 Å². The largest absolute Gasteiger partial charge is 0.356 e. The smallest absolute Gasteiger partial charge is 0.225 e. The summed E-state index contributed by atoms with van der Waals surface area (Å²) >= 11 is 0. The maximum atomic E-state index is 12.2. The third-order valence-electron chi connectivity index (χ3n) is 4.22. The fraction of sp³-hybridized carbons (Fsp3) is 0.688. The summed E-state index contributed by atoms with van der Waals surface area (Å²) in [6, 6.07) is 2.40. The Balaban J connectivity index is 1.67. The average Bonchev–Trinajstić information content (AvgIpc) is 3.31. The molecule has 2 aliphatic rings. The highest BCUT2D eigenvalue weighted by molar-refractivity contribution is 5.80. The van der Waals surface area contributed by atoms with Gasteiger partial charge in [-0.15, -0.1) is 0 Å². The lowest BCUT2D eigenvalue weighted by atomic mass is 9.97. The monoisotopic (exact) mass is 288 g/mol. The van der Waals surface area contributed by atoms with Gasteiger partial charge < -0.3 is 10.2 Å². The van der Waals surface area contributed by atoms with Gasteiger partial charge in [-0.05, 0) is 31.7 Å². The van der Waals surface area contributed by atoms with Gasteiger partial charge >= 0.3 is 0 Å². The fourth-order valence-corrected chi connectivity index (χ4v) is 2.76. The molecule has 1 atom stereocenters. The Labute approximate surface area is 126 Å². The van der Waals surface area contributed by atoms with Crippen molar-refractivity contribution < 1.29 is 4.79 Å². The van der Waals surface area contributed by atoms with E-state index in [2.05, 4.69) is 34.0 Å². The molecule has 2 fully saturated rings. The molecule has 0 radical (unpaired) electrons. The van der Waals surface area contributed by atoms with Gasteiger partial charge in [0.25, 0.3) is 0 Å². The molecule has 1 aliphatic heterocycles. The van der Waals surface area contributed by atoms with Crippen molar-refractivity contribution >= 4 is 11.7 Å². The SMILES string of the molecule is CC(C)c1nccc(N2CCCC(C(=O)NC3CC3)C2)n1. The molecule has 5 nitrogen and oxygen atoms in total. The number of carbonyl (C=O) groups excluding carboxylic acids is 1. The van der Waals surface area contributed by atoms with Gasteiger partial charge in [0.15, 0.2) is 0 Å². The summed E-state index contributed by atoms with van der Waals surface area (Å²) in [5.41, 5.74) is 0. The van der Waals surface area contributed by atoms with Crippen LogP contribution in [0.3, 0.4) is 0 Å². The van der Waals surface area contributed by atoms with E-state index in [1.165, 1.54) is 0 Å². The van der Waals surface area contributed by atoms with Crippen molar-refractivity contribution in [2.24, 2.45) is 5.92 Å². The number of anilines is 1. The number of hydrogen-bond acceptors (Lipinski definition) is 4. The number of nitrogens with zero attached hydrogens (tertiary/aromatic N) is 3. The first kappa shape index (κ1) is 14.3. The molecule has 21 heavy (non-hydrogen) atoms. The second-order valence-corrected chi connectivity index (χ2v) is 6.50. The van der Waals surface area contributed by atoms with Crippen LogP contribution in [-0.2, 0) is 4.79 Å². The van der Waals surface area contributed by atoms with Gasteiger partial charge in [-0.2, -0.15) is 0 Å². The maximum absolute atomic E-state index is 12.2. The van der Waals surface area contributed by atoms with E-state index in [9.17, 15) is 4.79 Å². The highest BCUT2D eigenvalue weighted by atomic mass is 16.2. The molecule has 1 N–H and O–H groups in total. The Bertz CT molecular complexity index is 513. The molecule has 1 saturated carbocycles. The second kappa shape index (κ2) is 6.00. The standard InChI is InChI=1S/C16H24N4O/c1-11(2)15-17-8-7-14(19-15)20-9-3-4-12(10-20)16(21)18-13-5-6-13/h7-8,11-13H,3-6,9-10H2,1-2H3,(H,18,21). The van der Waals surface area contributed by atoms with Gasteiger partial charge in [-0.3, -0.25) is 4.79 Å². The van der Waals surface area contributed by atoms with Crippen LogP contribution >= 0.6 is 0 Å². The Morgan fingerprint density at radius 2 is 2.19 bits per heavy atom. The molecule has 1 amide bonds. The number of aromatic nitrogens is 2. The lowest BCUT2D eigenvalue weighted by Gasteiger charge is -2.33. The van der Waals surface area contributed by atoms with E-state index in [0.717, 1.165) is 50.4 Å². The van der Waals surface area contributed by atoms with Gasteiger partial charge in [0.05, 0.1) is 5.92 Å². The van der Waals surface area contributed by atoms with Crippen LogP contribution in [0.1, 0.15) is 51.3 Å². The molecule has 2 heterocycles. The van der Waals surface area contributed by atoms with E-state index in [1.54, 1.807) is 0 Å². The molecule has 0 bridgehead atoms. The van der Waals surface area contributed by atoms with Gasteiger partial charge in [0, 0.05) is 31.2 Å². The third-order valence-corrected chi connectivity index (χ3v) is 4.22. The van der Waals surface area contributed by atoms with Gasteiger partial charge in [-0.25, -0.2) is 9.97 Å². The van der Waals surface area contributed by atoms with Crippen LogP contribution < -0.4 is 10.2 Å². The minimum atomic E-state index is 0.0943. The summed E-state index contributed by atoms with van der Waals surface area (Å²) in [6.07, 6.45) is 6.14. The first-order valence-corrected chi connectivity index (χ1v) is 8.01. The zero-order valence-electron chi connectivity index (χ0n) is 12.9. The lowest BCUT2D eigenvalue weighted by Crippen LogP contribution is -2.44. The average molecular weight is 288 g/mol. The molecule has 1 aliphatic carbocycles. The highest BCUT2D eigenvalue weighted by Crippen LogP contribution is 2.25. The van der Waals surface area contributed by atoms with Crippen molar-refractivity contribution in [2.75, 3.05) is 18.0 Å². The second-order valence-electron chi connectivity index (χ2n) is 6.50. The van der Waals surface area contributed by atoms with Crippen LogP contribution in [0.4, 0.5) is 5.82 Å². The summed E-state index contributed by atoms with van der Waals surface area (Å²) < 4.78 is 0. The van der Waals surface area contributed by atoms with Crippen LogP contribution in [-0.4, -0.2) is 35.0 Å². The Kier molecular flexibility index (Phi) is 4.08. The molecule has 1 unspecified atom stereocenters. The first-order chi connectivity index (χ1) is 10.1. The lowest BCUT2D eigenvalue weighted by molar-refractivity contribution is -0.125. The van der Waals surface area contributed by atoms with Crippen molar-refractivity contribution in [3.05, 3.63) is 18.1 Å². The Morgan fingerprint density at radius 3 is 2.90 bits per heavy atom. The summed E-state index contributed by atoms with van der Waals surface area (Å²) in [4.78, 5) is 23.4. The predicted octanol–water partition coefficient (Wildman–Crippen LogP) is 2.09. The van der Waals surface area contributed by atoms with Gasteiger partial charge in [-0.1, -0.05) is 13.8 Å². The van der Waals surface area contributed by atoms with Gasteiger partial charge in [0.1, 0.15) is 11.6 Å². The summed E-state index contributed by atoms with van der Waals surface area (Å²) in [5, 5.41) is 3.13. The number of rotatable bonds is 4. The van der Waals surface area contributed by atoms with E-state index < -0.39 is 0 Å². The molecule has 114 valence electrons. The number of hydrogen-bond donors (Lipinski definition) is 1. The fourth-order valence-electron chi connectivity index (χ4n) is 2.76. The number of amides is 1. The molecule has 3 rings (SSSR count). The van der Waals surface area contributed by atoms with Crippen LogP contribution in [0, 0.1) is 5.92 Å². The molecule has 0 aromatic carbocycles.